The molecule has 3 nitrogen and oxygen atoms in total. The van der Waals surface area contributed by atoms with Gasteiger partial charge in [0, 0.05) is 10.7 Å². The molecular formula is C16H16ClFN2O. The fraction of sp³-hybridized carbons (Fsp3) is 0.188. The number of halogens is 2. The van der Waals surface area contributed by atoms with Crippen molar-refractivity contribution in [3.63, 3.8) is 0 Å². The molecule has 2 aromatic rings. The Bertz CT molecular complexity index is 660. The van der Waals surface area contributed by atoms with Crippen molar-refractivity contribution in [2.75, 3.05) is 10.6 Å². The number of hydrogen-bond acceptors (Lipinski definition) is 2. The van der Waals surface area contributed by atoms with Gasteiger partial charge in [0.25, 0.3) is 0 Å². The van der Waals surface area contributed by atoms with Crippen LogP contribution in [-0.4, -0.2) is 11.9 Å². The van der Waals surface area contributed by atoms with E-state index in [-0.39, 0.29) is 16.6 Å². The van der Waals surface area contributed by atoms with E-state index in [9.17, 15) is 9.18 Å². The van der Waals surface area contributed by atoms with Gasteiger partial charge < -0.3 is 10.6 Å². The monoisotopic (exact) mass is 306 g/mol. The van der Waals surface area contributed by atoms with Crippen molar-refractivity contribution in [3.05, 3.63) is 58.9 Å². The average Bonchev–Trinajstić information content (AvgIpc) is 2.41. The Morgan fingerprint density at radius 3 is 2.67 bits per heavy atom. The molecule has 1 amide bonds. The van der Waals surface area contributed by atoms with Gasteiger partial charge >= 0.3 is 0 Å². The highest BCUT2D eigenvalue weighted by molar-refractivity contribution is 6.30. The minimum Gasteiger partial charge on any atom is -0.374 e. The molecule has 5 heteroatoms. The SMILES string of the molecule is Cc1cccc(NC(C)C(=O)Nc2ccc(Cl)cc2F)c1. The molecule has 0 bridgehead atoms. The number of benzene rings is 2. The highest BCUT2D eigenvalue weighted by atomic mass is 35.5. The maximum absolute atomic E-state index is 13.6. The van der Waals surface area contributed by atoms with Gasteiger partial charge in [0.15, 0.2) is 0 Å². The maximum Gasteiger partial charge on any atom is 0.246 e. The van der Waals surface area contributed by atoms with Crippen molar-refractivity contribution < 1.29 is 9.18 Å². The van der Waals surface area contributed by atoms with Crippen LogP contribution in [0.1, 0.15) is 12.5 Å². The lowest BCUT2D eigenvalue weighted by Crippen LogP contribution is -2.32. The third kappa shape index (κ3) is 4.20. The summed E-state index contributed by atoms with van der Waals surface area (Å²) in [5, 5.41) is 5.90. The van der Waals surface area contributed by atoms with Crippen LogP contribution < -0.4 is 10.6 Å². The highest BCUT2D eigenvalue weighted by Gasteiger charge is 2.14. The molecular weight excluding hydrogens is 291 g/mol. The molecule has 0 aliphatic carbocycles. The van der Waals surface area contributed by atoms with Crippen LogP contribution in [0.3, 0.4) is 0 Å². The van der Waals surface area contributed by atoms with Gasteiger partial charge in [0.05, 0.1) is 5.69 Å². The molecule has 0 spiro atoms. The Balaban J connectivity index is 2.02. The Kier molecular flexibility index (Phi) is 4.81. The predicted molar refractivity (Wildman–Crippen MR) is 84.3 cm³/mol. The Morgan fingerprint density at radius 1 is 1.24 bits per heavy atom. The summed E-state index contributed by atoms with van der Waals surface area (Å²) in [6.45, 7) is 3.69. The van der Waals surface area contributed by atoms with Gasteiger partial charge in [0.2, 0.25) is 5.91 Å². The first-order valence-electron chi connectivity index (χ1n) is 6.55. The number of rotatable bonds is 4. The average molecular weight is 307 g/mol. The molecule has 0 saturated carbocycles. The second kappa shape index (κ2) is 6.59. The van der Waals surface area contributed by atoms with Crippen molar-refractivity contribution >= 4 is 28.9 Å². The molecule has 110 valence electrons. The van der Waals surface area contributed by atoms with E-state index in [1.165, 1.54) is 12.1 Å². The zero-order valence-electron chi connectivity index (χ0n) is 11.8. The molecule has 2 rings (SSSR count). The molecule has 0 aromatic heterocycles. The summed E-state index contributed by atoms with van der Waals surface area (Å²) in [7, 11) is 0. The van der Waals surface area contributed by atoms with E-state index >= 15 is 0 Å². The fourth-order valence-electron chi connectivity index (χ4n) is 1.88. The van der Waals surface area contributed by atoms with E-state index in [1.54, 1.807) is 6.92 Å². The van der Waals surface area contributed by atoms with Crippen LogP contribution in [0, 0.1) is 12.7 Å². The number of carbonyl (C=O) groups excluding carboxylic acids is 1. The lowest BCUT2D eigenvalue weighted by molar-refractivity contribution is -0.116. The first-order chi connectivity index (χ1) is 9.95. The summed E-state index contributed by atoms with van der Waals surface area (Å²) in [6.07, 6.45) is 0. The van der Waals surface area contributed by atoms with E-state index in [0.29, 0.717) is 0 Å². The highest BCUT2D eigenvalue weighted by Crippen LogP contribution is 2.19. The van der Waals surface area contributed by atoms with Gasteiger partial charge in [-0.25, -0.2) is 4.39 Å². The van der Waals surface area contributed by atoms with E-state index in [0.717, 1.165) is 17.3 Å². The zero-order chi connectivity index (χ0) is 15.4. The van der Waals surface area contributed by atoms with Crippen molar-refractivity contribution in [2.24, 2.45) is 0 Å². The Labute approximate surface area is 128 Å². The van der Waals surface area contributed by atoms with E-state index < -0.39 is 11.9 Å². The predicted octanol–water partition coefficient (Wildman–Crippen LogP) is 4.23. The Hall–Kier alpha value is -2.07. The number of nitrogens with one attached hydrogen (secondary N) is 2. The molecule has 0 heterocycles. The van der Waals surface area contributed by atoms with Crippen LogP contribution in [0.5, 0.6) is 0 Å². The van der Waals surface area contributed by atoms with Crippen molar-refractivity contribution in [2.45, 2.75) is 19.9 Å². The molecule has 0 saturated heterocycles. The lowest BCUT2D eigenvalue weighted by atomic mass is 10.2. The topological polar surface area (TPSA) is 41.1 Å². The van der Waals surface area contributed by atoms with Crippen LogP contribution in [0.2, 0.25) is 5.02 Å². The summed E-state index contributed by atoms with van der Waals surface area (Å²) in [5.41, 5.74) is 2.05. The minimum atomic E-state index is -0.557. The van der Waals surface area contributed by atoms with Gasteiger partial charge in [-0.2, -0.15) is 0 Å². The molecule has 0 aliphatic heterocycles. The second-order valence-corrected chi connectivity index (χ2v) is 5.29. The number of amides is 1. The van der Waals surface area contributed by atoms with Crippen LogP contribution in [0.25, 0.3) is 0 Å². The third-order valence-corrected chi connectivity index (χ3v) is 3.22. The van der Waals surface area contributed by atoms with E-state index in [1.807, 2.05) is 31.2 Å². The summed E-state index contributed by atoms with van der Waals surface area (Å²) in [4.78, 5) is 12.1. The van der Waals surface area contributed by atoms with Gasteiger partial charge in [-0.15, -0.1) is 0 Å². The Morgan fingerprint density at radius 2 is 2.00 bits per heavy atom. The molecule has 0 fully saturated rings. The van der Waals surface area contributed by atoms with Crippen molar-refractivity contribution in [1.29, 1.82) is 0 Å². The normalized spacial score (nSPS) is 11.8. The summed E-state index contributed by atoms with van der Waals surface area (Å²) in [5.74, 6) is -0.878. The quantitative estimate of drug-likeness (QED) is 0.887. The van der Waals surface area contributed by atoms with Gasteiger partial charge in [-0.3, -0.25) is 4.79 Å². The van der Waals surface area contributed by atoms with Gasteiger partial charge in [0.1, 0.15) is 11.9 Å². The van der Waals surface area contributed by atoms with Gasteiger partial charge in [-0.05, 0) is 49.7 Å². The largest absolute Gasteiger partial charge is 0.374 e. The smallest absolute Gasteiger partial charge is 0.246 e. The molecule has 2 aromatic carbocycles. The molecule has 2 N–H and O–H groups in total. The molecule has 21 heavy (non-hydrogen) atoms. The van der Waals surface area contributed by atoms with Crippen LogP contribution in [0.15, 0.2) is 42.5 Å². The van der Waals surface area contributed by atoms with E-state index in [4.69, 9.17) is 11.6 Å². The summed E-state index contributed by atoms with van der Waals surface area (Å²) < 4.78 is 13.6. The number of carbonyl (C=O) groups is 1. The summed E-state index contributed by atoms with van der Waals surface area (Å²) >= 11 is 5.67. The molecule has 0 radical (unpaired) electrons. The van der Waals surface area contributed by atoms with Crippen LogP contribution in [-0.2, 0) is 4.79 Å². The number of aryl methyl sites for hydroxylation is 1. The van der Waals surface area contributed by atoms with Gasteiger partial charge in [-0.1, -0.05) is 23.7 Å². The zero-order valence-corrected chi connectivity index (χ0v) is 12.5. The molecule has 1 unspecified atom stereocenters. The van der Waals surface area contributed by atoms with E-state index in [2.05, 4.69) is 10.6 Å². The second-order valence-electron chi connectivity index (χ2n) is 4.85. The fourth-order valence-corrected chi connectivity index (χ4v) is 2.04. The van der Waals surface area contributed by atoms with Crippen molar-refractivity contribution in [1.82, 2.24) is 0 Å². The molecule has 0 aliphatic rings. The lowest BCUT2D eigenvalue weighted by Gasteiger charge is -2.16. The number of anilines is 2. The van der Waals surface area contributed by atoms with Crippen LogP contribution >= 0.6 is 11.6 Å². The number of hydrogen-bond donors (Lipinski definition) is 2. The van der Waals surface area contributed by atoms with Crippen LogP contribution in [0.4, 0.5) is 15.8 Å². The molecule has 1 atom stereocenters. The summed E-state index contributed by atoms with van der Waals surface area (Å²) in [6, 6.07) is 11.3. The standard InChI is InChI=1S/C16H16ClFN2O/c1-10-4-3-5-13(8-10)19-11(2)16(21)20-15-7-6-12(17)9-14(15)18/h3-9,11,19H,1-2H3,(H,20,21). The first-order valence-corrected chi connectivity index (χ1v) is 6.92. The third-order valence-electron chi connectivity index (χ3n) is 2.98. The van der Waals surface area contributed by atoms with Crippen molar-refractivity contribution in [3.8, 4) is 0 Å². The minimum absolute atomic E-state index is 0.113. The first kappa shape index (κ1) is 15.3. The maximum atomic E-state index is 13.6.